The number of halogens is 2. The van der Waals surface area contributed by atoms with Crippen molar-refractivity contribution in [3.63, 3.8) is 0 Å². The number of ether oxygens (including phenoxy) is 1. The number of urea groups is 1. The number of hydrogen-bond donors (Lipinski definition) is 1. The monoisotopic (exact) mass is 364 g/mol. The summed E-state index contributed by atoms with van der Waals surface area (Å²) in [7, 11) is 1.18. The summed E-state index contributed by atoms with van der Waals surface area (Å²) in [6.07, 6.45) is 0. The zero-order chi connectivity index (χ0) is 19.1. The summed E-state index contributed by atoms with van der Waals surface area (Å²) in [5.74, 6) is -2.98. The van der Waals surface area contributed by atoms with Crippen LogP contribution in [-0.2, 0) is 21.6 Å². The Labute approximate surface area is 146 Å². The molecule has 7 nitrogen and oxygen atoms in total. The van der Waals surface area contributed by atoms with Crippen LogP contribution in [0.5, 0.6) is 0 Å². The van der Waals surface area contributed by atoms with E-state index in [4.69, 9.17) is 4.42 Å². The molecule has 0 saturated carbocycles. The van der Waals surface area contributed by atoms with Crippen molar-refractivity contribution in [3.05, 3.63) is 59.1 Å². The topological polar surface area (TPSA) is 88.9 Å². The number of methoxy groups -OCH3 is 1. The van der Waals surface area contributed by atoms with E-state index in [0.717, 1.165) is 23.1 Å². The van der Waals surface area contributed by atoms with Crippen molar-refractivity contribution in [1.29, 1.82) is 0 Å². The van der Waals surface area contributed by atoms with Crippen LogP contribution in [0.4, 0.5) is 13.6 Å². The van der Waals surface area contributed by atoms with Crippen LogP contribution in [0.1, 0.15) is 28.8 Å². The molecule has 0 radical (unpaired) electrons. The van der Waals surface area contributed by atoms with Gasteiger partial charge in [0.05, 0.1) is 13.7 Å². The van der Waals surface area contributed by atoms with Crippen LogP contribution in [0, 0.1) is 11.6 Å². The molecule has 1 unspecified atom stereocenters. The number of carbonyl (C=O) groups is 3. The number of nitrogens with zero attached hydrogens (tertiary/aromatic N) is 1. The largest absolute Gasteiger partial charge is 0.463 e. The Bertz CT molecular complexity index is 910. The molecule has 1 atom stereocenters. The highest BCUT2D eigenvalue weighted by atomic mass is 19.1. The highest BCUT2D eigenvalue weighted by Gasteiger charge is 2.50. The van der Waals surface area contributed by atoms with Crippen molar-refractivity contribution in [2.24, 2.45) is 0 Å². The number of esters is 1. The lowest BCUT2D eigenvalue weighted by Gasteiger charge is -2.22. The molecule has 136 valence electrons. The van der Waals surface area contributed by atoms with Crippen LogP contribution >= 0.6 is 0 Å². The maximum atomic E-state index is 14.1. The maximum Gasteiger partial charge on any atom is 0.373 e. The predicted molar refractivity (Wildman–Crippen MR) is 82.8 cm³/mol. The van der Waals surface area contributed by atoms with Gasteiger partial charge in [-0.15, -0.1) is 0 Å². The van der Waals surface area contributed by atoms with Crippen LogP contribution in [0.2, 0.25) is 0 Å². The fourth-order valence-electron chi connectivity index (χ4n) is 2.73. The van der Waals surface area contributed by atoms with Gasteiger partial charge in [0, 0.05) is 5.56 Å². The minimum absolute atomic E-state index is 0.0894. The zero-order valence-electron chi connectivity index (χ0n) is 13.8. The number of furan rings is 1. The molecule has 1 aliphatic rings. The van der Waals surface area contributed by atoms with E-state index in [1.807, 2.05) is 0 Å². The second kappa shape index (κ2) is 6.25. The Balaban J connectivity index is 1.88. The molecule has 1 saturated heterocycles. The van der Waals surface area contributed by atoms with E-state index in [9.17, 15) is 23.2 Å². The van der Waals surface area contributed by atoms with Crippen LogP contribution in [0.15, 0.2) is 34.7 Å². The second-order valence-electron chi connectivity index (χ2n) is 5.83. The van der Waals surface area contributed by atoms with Gasteiger partial charge in [-0.05, 0) is 37.3 Å². The lowest BCUT2D eigenvalue weighted by atomic mass is 9.91. The van der Waals surface area contributed by atoms with Crippen molar-refractivity contribution in [1.82, 2.24) is 10.2 Å². The second-order valence-corrected chi connectivity index (χ2v) is 5.83. The van der Waals surface area contributed by atoms with E-state index in [1.54, 1.807) is 0 Å². The summed E-state index contributed by atoms with van der Waals surface area (Å²) in [4.78, 5) is 37.1. The lowest BCUT2D eigenvalue weighted by molar-refractivity contribution is -0.131. The molecular formula is C17H14F2N2O5. The summed E-state index contributed by atoms with van der Waals surface area (Å²) in [6, 6.07) is 4.61. The third-order valence-electron chi connectivity index (χ3n) is 4.10. The van der Waals surface area contributed by atoms with Crippen molar-refractivity contribution in [3.8, 4) is 0 Å². The van der Waals surface area contributed by atoms with E-state index >= 15 is 0 Å². The number of nitrogens with one attached hydrogen (secondary N) is 1. The van der Waals surface area contributed by atoms with Crippen LogP contribution in [-0.4, -0.2) is 29.9 Å². The molecule has 1 aromatic heterocycles. The first-order chi connectivity index (χ1) is 12.3. The van der Waals surface area contributed by atoms with Crippen molar-refractivity contribution < 1.29 is 32.3 Å². The van der Waals surface area contributed by atoms with E-state index < -0.39 is 35.1 Å². The Morgan fingerprint density at radius 1 is 1.27 bits per heavy atom. The number of amides is 3. The van der Waals surface area contributed by atoms with Gasteiger partial charge in [0.15, 0.2) is 0 Å². The Kier molecular flexibility index (Phi) is 4.23. The first kappa shape index (κ1) is 17.6. The number of imide groups is 1. The van der Waals surface area contributed by atoms with Crippen molar-refractivity contribution in [2.75, 3.05) is 7.11 Å². The molecular weight excluding hydrogens is 350 g/mol. The summed E-state index contributed by atoms with van der Waals surface area (Å²) in [5, 5.41) is 2.37. The average Bonchev–Trinajstić information content (AvgIpc) is 3.16. The first-order valence-electron chi connectivity index (χ1n) is 7.53. The Hall–Kier alpha value is -3.23. The van der Waals surface area contributed by atoms with Gasteiger partial charge in [0.2, 0.25) is 5.76 Å². The molecule has 0 bridgehead atoms. The van der Waals surface area contributed by atoms with E-state index in [2.05, 4.69) is 10.1 Å². The number of hydrogen-bond acceptors (Lipinski definition) is 5. The fraction of sp³-hybridized carbons (Fsp3) is 0.235. The van der Waals surface area contributed by atoms with Gasteiger partial charge < -0.3 is 14.5 Å². The maximum absolute atomic E-state index is 14.1. The quantitative estimate of drug-likeness (QED) is 0.664. The Morgan fingerprint density at radius 3 is 2.69 bits per heavy atom. The molecule has 1 aliphatic heterocycles. The molecule has 2 heterocycles. The SMILES string of the molecule is COC(=O)c1ccc(CN2C(=O)NC(C)(c3cc(F)ccc3F)C2=O)o1. The fourth-order valence-corrected chi connectivity index (χ4v) is 2.73. The highest BCUT2D eigenvalue weighted by Crippen LogP contribution is 2.32. The normalized spacial score (nSPS) is 19.6. The van der Waals surface area contributed by atoms with E-state index in [0.29, 0.717) is 0 Å². The van der Waals surface area contributed by atoms with Gasteiger partial charge in [-0.25, -0.2) is 18.4 Å². The van der Waals surface area contributed by atoms with Crippen molar-refractivity contribution in [2.45, 2.75) is 19.0 Å². The van der Waals surface area contributed by atoms with Gasteiger partial charge in [0.25, 0.3) is 5.91 Å². The van der Waals surface area contributed by atoms with Gasteiger partial charge in [-0.3, -0.25) is 9.69 Å². The molecule has 0 aliphatic carbocycles. The van der Waals surface area contributed by atoms with Crippen LogP contribution in [0.3, 0.4) is 0 Å². The predicted octanol–water partition coefficient (Wildman–Crippen LogP) is 2.31. The van der Waals surface area contributed by atoms with Crippen molar-refractivity contribution >= 4 is 17.9 Å². The minimum Gasteiger partial charge on any atom is -0.463 e. The first-order valence-corrected chi connectivity index (χ1v) is 7.53. The van der Waals surface area contributed by atoms with Gasteiger partial charge >= 0.3 is 12.0 Å². The average molecular weight is 364 g/mol. The van der Waals surface area contributed by atoms with E-state index in [1.165, 1.54) is 26.2 Å². The number of carbonyl (C=O) groups excluding carboxylic acids is 3. The van der Waals surface area contributed by atoms with E-state index in [-0.39, 0.29) is 23.6 Å². The summed E-state index contributed by atoms with van der Waals surface area (Å²) >= 11 is 0. The number of rotatable bonds is 4. The standard InChI is InChI=1S/C17H14F2N2O5/c1-17(11-7-9(18)3-5-12(11)19)15(23)21(16(24)20-17)8-10-4-6-13(26-10)14(22)25-2/h3-7H,8H2,1-2H3,(H,20,24). The third kappa shape index (κ3) is 2.81. The summed E-state index contributed by atoms with van der Waals surface area (Å²) < 4.78 is 37.3. The smallest absolute Gasteiger partial charge is 0.373 e. The van der Waals surface area contributed by atoms with Gasteiger partial charge in [-0.2, -0.15) is 0 Å². The molecule has 1 N–H and O–H groups in total. The Morgan fingerprint density at radius 2 is 2.00 bits per heavy atom. The molecule has 1 fully saturated rings. The number of benzene rings is 1. The third-order valence-corrected chi connectivity index (χ3v) is 4.10. The molecule has 2 aromatic rings. The molecule has 9 heteroatoms. The lowest BCUT2D eigenvalue weighted by Crippen LogP contribution is -2.41. The summed E-state index contributed by atoms with van der Waals surface area (Å²) in [6.45, 7) is 1.00. The molecule has 3 amide bonds. The molecule has 1 aromatic carbocycles. The van der Waals surface area contributed by atoms with Crippen LogP contribution in [0.25, 0.3) is 0 Å². The molecule has 0 spiro atoms. The molecule has 3 rings (SSSR count). The van der Waals surface area contributed by atoms with Gasteiger partial charge in [-0.1, -0.05) is 0 Å². The summed E-state index contributed by atoms with van der Waals surface area (Å²) in [5.41, 5.74) is -2.05. The highest BCUT2D eigenvalue weighted by molar-refractivity contribution is 6.07. The zero-order valence-corrected chi connectivity index (χ0v) is 13.8. The minimum atomic E-state index is -1.76. The molecule has 26 heavy (non-hydrogen) atoms. The van der Waals surface area contributed by atoms with Gasteiger partial charge in [0.1, 0.15) is 22.9 Å². The van der Waals surface area contributed by atoms with Crippen LogP contribution < -0.4 is 5.32 Å².